The topological polar surface area (TPSA) is 382 Å². The Morgan fingerprint density at radius 1 is 0.659 bits per heavy atom. The fourth-order valence-electron chi connectivity index (χ4n) is 9.88. The maximum Gasteiger partial charge on any atom is 0.248 e. The van der Waals surface area contributed by atoms with Gasteiger partial charge in [0, 0.05) is 67.3 Å². The molecule has 4 aromatic rings. The van der Waals surface area contributed by atoms with Crippen molar-refractivity contribution in [3.05, 3.63) is 107 Å². The monoisotopic (exact) mass is 1150 g/mol. The number of thioether (sulfide) groups is 1. The van der Waals surface area contributed by atoms with E-state index in [1.165, 1.54) is 28.9 Å². The van der Waals surface area contributed by atoms with Crippen molar-refractivity contribution in [2.24, 2.45) is 27.9 Å². The van der Waals surface area contributed by atoms with Crippen molar-refractivity contribution in [2.45, 2.75) is 127 Å². The molecular formula is C57H76N14O10S. The lowest BCUT2D eigenvalue weighted by atomic mass is 10.0. The van der Waals surface area contributed by atoms with Gasteiger partial charge in [-0.05, 0) is 73.9 Å². The maximum absolute atomic E-state index is 14.8. The quantitative estimate of drug-likeness (QED) is 0.0375. The molecule has 0 bridgehead atoms. The summed E-state index contributed by atoms with van der Waals surface area (Å²) in [5.74, 6) is -7.94. The van der Waals surface area contributed by atoms with Gasteiger partial charge >= 0.3 is 0 Å². The molecule has 0 radical (unpaired) electrons. The average molecular weight is 1150 g/mol. The van der Waals surface area contributed by atoms with Gasteiger partial charge in [0.25, 0.3) is 0 Å². The number of nitrogens with one attached hydrogen (secondary N) is 7. The van der Waals surface area contributed by atoms with Crippen LogP contribution in [0.15, 0.2) is 90.1 Å². The van der Waals surface area contributed by atoms with Crippen LogP contribution in [0.1, 0.15) is 92.3 Å². The Balaban J connectivity index is 1.38. The van der Waals surface area contributed by atoms with Crippen LogP contribution in [0.25, 0.3) is 10.9 Å². The maximum atomic E-state index is 14.8. The van der Waals surface area contributed by atoms with Crippen molar-refractivity contribution in [1.82, 2.24) is 46.7 Å². The number of guanidine groups is 1. The Morgan fingerprint density at radius 2 is 1.30 bits per heavy atom. The summed E-state index contributed by atoms with van der Waals surface area (Å²) < 4.78 is 0. The highest BCUT2D eigenvalue weighted by Gasteiger charge is 2.40. The molecule has 24 nitrogen and oxygen atoms in total. The minimum atomic E-state index is -1.43. The van der Waals surface area contributed by atoms with E-state index in [4.69, 9.17) is 22.9 Å². The van der Waals surface area contributed by atoms with Gasteiger partial charge in [0.2, 0.25) is 59.1 Å². The summed E-state index contributed by atoms with van der Waals surface area (Å²) >= 11 is 0.951. The van der Waals surface area contributed by atoms with Crippen molar-refractivity contribution < 1.29 is 47.9 Å². The Bertz CT molecular complexity index is 2940. The largest absolute Gasteiger partial charge is 0.370 e. The second-order valence-corrected chi connectivity index (χ2v) is 21.6. The smallest absolute Gasteiger partial charge is 0.248 e. The third kappa shape index (κ3) is 18.5. The third-order valence-electron chi connectivity index (χ3n) is 14.2. The van der Waals surface area contributed by atoms with E-state index in [9.17, 15) is 47.9 Å². The predicted molar refractivity (Wildman–Crippen MR) is 310 cm³/mol. The van der Waals surface area contributed by atoms with E-state index in [0.29, 0.717) is 36.0 Å². The molecule has 3 heterocycles. The van der Waals surface area contributed by atoms with Gasteiger partial charge in [0.1, 0.15) is 42.3 Å². The van der Waals surface area contributed by atoms with Crippen molar-refractivity contribution >= 4 is 87.7 Å². The number of amides is 10. The lowest BCUT2D eigenvalue weighted by Gasteiger charge is -2.31. The van der Waals surface area contributed by atoms with E-state index in [-0.39, 0.29) is 81.2 Å². The number of hydrogen-bond acceptors (Lipinski definition) is 12. The minimum absolute atomic E-state index is 0.00893. The molecule has 3 aromatic carbocycles. The molecule has 2 saturated heterocycles. The Kier molecular flexibility index (Phi) is 23.7. The van der Waals surface area contributed by atoms with Crippen LogP contribution in [0.2, 0.25) is 0 Å². The normalized spacial score (nSPS) is 22.4. The predicted octanol–water partition coefficient (Wildman–Crippen LogP) is -0.0910. The first kappa shape index (κ1) is 62.7. The van der Waals surface area contributed by atoms with Gasteiger partial charge in [-0.3, -0.25) is 52.9 Å². The summed E-state index contributed by atoms with van der Waals surface area (Å²) in [6, 6.07) is 13.2. The lowest BCUT2D eigenvalue weighted by Crippen LogP contribution is -2.59. The van der Waals surface area contributed by atoms with Gasteiger partial charge in [-0.1, -0.05) is 86.8 Å². The number of benzene rings is 3. The number of hydrogen-bond donors (Lipinski definition) is 11. The summed E-state index contributed by atoms with van der Waals surface area (Å²) in [4.78, 5) is 150. The fourth-order valence-corrected chi connectivity index (χ4v) is 10.7. The van der Waals surface area contributed by atoms with Gasteiger partial charge in [-0.15, -0.1) is 11.8 Å². The third-order valence-corrected chi connectivity index (χ3v) is 15.3. The summed E-state index contributed by atoms with van der Waals surface area (Å²) in [5.41, 5.74) is 25.3. The number of unbranched alkanes of at least 4 members (excludes halogenated alkanes) is 3. The van der Waals surface area contributed by atoms with Crippen LogP contribution in [-0.4, -0.2) is 160 Å². The number of carbonyl (C=O) groups excluding carboxylic acids is 10. The van der Waals surface area contributed by atoms with Gasteiger partial charge in [-0.25, -0.2) is 0 Å². The van der Waals surface area contributed by atoms with Crippen LogP contribution in [0.4, 0.5) is 0 Å². The van der Waals surface area contributed by atoms with Crippen LogP contribution in [0.3, 0.4) is 0 Å². The van der Waals surface area contributed by atoms with Gasteiger partial charge in [-0.2, -0.15) is 0 Å². The van der Waals surface area contributed by atoms with E-state index in [2.05, 4.69) is 41.9 Å². The number of aliphatic imine (C=N–C) groups is 1. The first-order valence-corrected chi connectivity index (χ1v) is 28.8. The first-order valence-electron chi connectivity index (χ1n) is 27.6. The zero-order valence-corrected chi connectivity index (χ0v) is 47.1. The van der Waals surface area contributed by atoms with Crippen LogP contribution in [0, 0.1) is 0 Å². The summed E-state index contributed by atoms with van der Waals surface area (Å²) in [6.07, 6.45) is 5.19. The highest BCUT2D eigenvalue weighted by molar-refractivity contribution is 8.00. The molecule has 440 valence electrons. The number of aromatic amines is 1. The first-order chi connectivity index (χ1) is 39.3. The summed E-state index contributed by atoms with van der Waals surface area (Å²) in [7, 11) is 0. The molecule has 7 atom stereocenters. The number of para-hydroxylation sites is 1. The van der Waals surface area contributed by atoms with Gasteiger partial charge in [0.15, 0.2) is 5.96 Å². The molecule has 82 heavy (non-hydrogen) atoms. The molecule has 0 saturated carbocycles. The van der Waals surface area contributed by atoms with E-state index in [1.54, 1.807) is 48.7 Å². The van der Waals surface area contributed by atoms with Crippen molar-refractivity contribution in [3.8, 4) is 0 Å². The molecule has 10 amide bonds. The van der Waals surface area contributed by atoms with E-state index in [1.807, 2.05) is 31.2 Å². The summed E-state index contributed by atoms with van der Waals surface area (Å²) in [6.45, 7) is 3.25. The SMILES string of the molecule is CCCCCCN1CC(=O)N[C@@H](Cc2c[nH]c3ccccc23)C(=O)N2CCC[C@H]2C(=O)N[C@H](C(N)=O)CSCC(=O)N[C@@H](Cc2ccccc2)C(=O)N[C@@H](Cc2ccc(C(N)=O)cc2)C(=O)N[C@@H](CCCN=C(N)N)C(=O)N[C@@H](C)C1=O. The Hall–Kier alpha value is -8.48. The Morgan fingerprint density at radius 3 is 1.99 bits per heavy atom. The zero-order chi connectivity index (χ0) is 59.3. The van der Waals surface area contributed by atoms with Crippen LogP contribution < -0.4 is 54.8 Å². The van der Waals surface area contributed by atoms with Crippen LogP contribution >= 0.6 is 11.8 Å². The number of fused-ring (bicyclic) bond motifs is 2. The van der Waals surface area contributed by atoms with Crippen molar-refractivity contribution in [1.29, 1.82) is 0 Å². The molecule has 0 aliphatic carbocycles. The van der Waals surface area contributed by atoms with E-state index >= 15 is 0 Å². The molecule has 1 aromatic heterocycles. The molecule has 25 heteroatoms. The number of nitrogens with zero attached hydrogens (tertiary/aromatic N) is 3. The minimum Gasteiger partial charge on any atom is -0.370 e. The average Bonchev–Trinajstić information content (AvgIpc) is 4.34. The van der Waals surface area contributed by atoms with Crippen molar-refractivity contribution in [3.63, 3.8) is 0 Å². The second kappa shape index (κ2) is 30.9. The zero-order valence-electron chi connectivity index (χ0n) is 46.3. The van der Waals surface area contributed by atoms with Crippen LogP contribution in [-0.2, 0) is 62.4 Å². The highest BCUT2D eigenvalue weighted by atomic mass is 32.2. The number of rotatable bonds is 17. The molecule has 15 N–H and O–H groups in total. The number of aromatic nitrogens is 1. The van der Waals surface area contributed by atoms with Crippen LogP contribution in [0.5, 0.6) is 0 Å². The number of H-pyrrole nitrogens is 1. The molecule has 0 unspecified atom stereocenters. The number of carbonyl (C=O) groups is 10. The molecule has 2 aliphatic rings. The second-order valence-electron chi connectivity index (χ2n) is 20.5. The fraction of sp³-hybridized carbons (Fsp3) is 0.456. The summed E-state index contributed by atoms with van der Waals surface area (Å²) in [5, 5.41) is 17.3. The van der Waals surface area contributed by atoms with Gasteiger partial charge < -0.3 is 69.6 Å². The molecule has 2 aliphatic heterocycles. The Labute approximate surface area is 480 Å². The van der Waals surface area contributed by atoms with Crippen molar-refractivity contribution in [2.75, 3.05) is 37.7 Å². The molecule has 6 rings (SSSR count). The van der Waals surface area contributed by atoms with E-state index in [0.717, 1.165) is 35.5 Å². The lowest BCUT2D eigenvalue weighted by molar-refractivity contribution is -0.143. The van der Waals surface area contributed by atoms with E-state index < -0.39 is 108 Å². The number of primary amides is 2. The molecule has 0 spiro atoms. The van der Waals surface area contributed by atoms with Gasteiger partial charge in [0.05, 0.1) is 12.3 Å². The standard InChI is InChI=1S/C57H76N14O10S/c1-3-4-5-11-25-70-31-47(72)66-44(29-38-30-63-40-17-10-9-16-39(38)40)56(81)71-26-13-19-46(71)54(79)69-45(50(59)75)32-82-33-48(73)65-42(27-35-14-7-6-8-15-35)52(77)68-43(28-36-20-22-37(23-21-36)49(58)74)53(78)67-41(18-12-24-62-57(60)61)51(76)64-34(2)55(70)80/h6-10,14-17,20-23,30,34,41-46,63H,3-5,11-13,18-19,24-29,31-33H2,1-2H3,(H2,58,74)(H2,59,75)(H,64,76)(H,65,73)(H,66,72)(H,67,78)(H,68,77)(H,69,79)(H4,60,61,62)/t34-,41-,42-,43-,44-,45-,46-/m0/s1. The highest BCUT2D eigenvalue weighted by Crippen LogP contribution is 2.24. The molecular weight excluding hydrogens is 1070 g/mol. The molecule has 2 fully saturated rings. The number of nitrogens with two attached hydrogens (primary N) is 4.